The second-order valence-electron chi connectivity index (χ2n) is 7.37. The highest BCUT2D eigenvalue weighted by atomic mass is 35.5. The first-order chi connectivity index (χ1) is 14.5. The summed E-state index contributed by atoms with van der Waals surface area (Å²) in [4.78, 5) is 16.9. The Kier molecular flexibility index (Phi) is 5.72. The van der Waals surface area contributed by atoms with Crippen LogP contribution in [0.25, 0.3) is 10.9 Å². The summed E-state index contributed by atoms with van der Waals surface area (Å²) in [5.41, 5.74) is 4.97. The number of hydrogen-bond donors (Lipinski definition) is 2. The number of para-hydroxylation sites is 1. The lowest BCUT2D eigenvalue weighted by Crippen LogP contribution is -2.32. The van der Waals surface area contributed by atoms with Crippen molar-refractivity contribution < 1.29 is 4.79 Å². The van der Waals surface area contributed by atoms with Crippen LogP contribution in [0, 0.1) is 6.92 Å². The third-order valence-electron chi connectivity index (χ3n) is 5.23. The largest absolute Gasteiger partial charge is 0.350 e. The van der Waals surface area contributed by atoms with Gasteiger partial charge in [-0.2, -0.15) is 0 Å². The summed E-state index contributed by atoms with van der Waals surface area (Å²) in [6.07, 6.45) is 5.73. The molecule has 1 atom stereocenters. The maximum absolute atomic E-state index is 12.6. The molecule has 0 saturated heterocycles. The van der Waals surface area contributed by atoms with Crippen LogP contribution in [0.5, 0.6) is 0 Å². The number of benzene rings is 2. The van der Waals surface area contributed by atoms with E-state index in [1.807, 2.05) is 56.6 Å². The molecule has 0 bridgehead atoms. The molecule has 2 heterocycles. The second-order valence-corrected chi connectivity index (χ2v) is 7.78. The van der Waals surface area contributed by atoms with Crippen LogP contribution < -0.4 is 10.6 Å². The highest BCUT2D eigenvalue weighted by Gasteiger charge is 2.20. The fraction of sp³-hybridized carbons (Fsp3) is 0.167. The Labute approximate surface area is 180 Å². The van der Waals surface area contributed by atoms with Crippen LogP contribution >= 0.6 is 11.6 Å². The Balaban J connectivity index is 1.59. The molecule has 2 aromatic carbocycles. The zero-order valence-corrected chi connectivity index (χ0v) is 17.6. The van der Waals surface area contributed by atoms with Crippen LogP contribution in [0.3, 0.4) is 0 Å². The lowest BCUT2D eigenvalue weighted by molar-refractivity contribution is 0.252. The Morgan fingerprint density at radius 1 is 1.17 bits per heavy atom. The minimum atomic E-state index is -0.296. The molecule has 0 aliphatic heterocycles. The van der Waals surface area contributed by atoms with E-state index in [4.69, 9.17) is 11.6 Å². The summed E-state index contributed by atoms with van der Waals surface area (Å²) in [7, 11) is 2.03. The number of anilines is 1. The molecule has 0 spiro atoms. The van der Waals surface area contributed by atoms with E-state index in [0.717, 1.165) is 27.6 Å². The highest BCUT2D eigenvalue weighted by Crippen LogP contribution is 2.31. The first-order valence-electron chi connectivity index (χ1n) is 9.78. The molecule has 4 aromatic rings. The number of halogens is 1. The fourth-order valence-corrected chi connectivity index (χ4v) is 4.01. The van der Waals surface area contributed by atoms with Crippen molar-refractivity contribution in [3.05, 3.63) is 94.9 Å². The summed E-state index contributed by atoms with van der Waals surface area (Å²) in [6.45, 7) is 2.38. The van der Waals surface area contributed by atoms with Crippen molar-refractivity contribution >= 4 is 34.2 Å². The Bertz CT molecular complexity index is 1190. The van der Waals surface area contributed by atoms with Crippen LogP contribution in [0.4, 0.5) is 10.5 Å². The average Bonchev–Trinajstić information content (AvgIpc) is 3.08. The lowest BCUT2D eigenvalue weighted by Gasteiger charge is -2.18. The number of aromatic nitrogens is 2. The molecule has 30 heavy (non-hydrogen) atoms. The van der Waals surface area contributed by atoms with E-state index >= 15 is 0 Å². The summed E-state index contributed by atoms with van der Waals surface area (Å²) in [6, 6.07) is 17.5. The predicted octanol–water partition coefficient (Wildman–Crippen LogP) is 5.49. The quantitative estimate of drug-likeness (QED) is 0.450. The number of carbonyl (C=O) groups is 1. The van der Waals surface area contributed by atoms with E-state index in [-0.39, 0.29) is 11.9 Å². The van der Waals surface area contributed by atoms with Crippen LogP contribution in [0.1, 0.15) is 22.6 Å². The van der Waals surface area contributed by atoms with E-state index in [0.29, 0.717) is 17.3 Å². The van der Waals surface area contributed by atoms with Gasteiger partial charge in [0, 0.05) is 49.0 Å². The van der Waals surface area contributed by atoms with Crippen LogP contribution in [0.2, 0.25) is 5.02 Å². The van der Waals surface area contributed by atoms with Crippen molar-refractivity contribution in [3.63, 3.8) is 0 Å². The minimum absolute atomic E-state index is 0.0379. The van der Waals surface area contributed by atoms with E-state index in [1.165, 1.54) is 0 Å². The number of nitrogens with one attached hydrogen (secondary N) is 2. The number of carbonyl (C=O) groups excluding carboxylic acids is 1. The van der Waals surface area contributed by atoms with Crippen LogP contribution in [-0.4, -0.2) is 22.1 Å². The van der Waals surface area contributed by atoms with Gasteiger partial charge >= 0.3 is 6.03 Å². The topological polar surface area (TPSA) is 59.0 Å². The second kappa shape index (κ2) is 8.59. The minimum Gasteiger partial charge on any atom is -0.350 e. The molecule has 5 nitrogen and oxygen atoms in total. The van der Waals surface area contributed by atoms with Gasteiger partial charge in [0.25, 0.3) is 0 Å². The number of nitrogens with zero attached hydrogens (tertiary/aromatic N) is 2. The van der Waals surface area contributed by atoms with E-state index in [1.54, 1.807) is 12.3 Å². The average molecular weight is 419 g/mol. The Hall–Kier alpha value is -3.31. The zero-order valence-electron chi connectivity index (χ0n) is 16.9. The summed E-state index contributed by atoms with van der Waals surface area (Å²) in [5.74, 6) is -0.0379. The summed E-state index contributed by atoms with van der Waals surface area (Å²) >= 11 is 6.24. The van der Waals surface area contributed by atoms with Gasteiger partial charge in [-0.15, -0.1) is 0 Å². The number of urea groups is 1. The van der Waals surface area contributed by atoms with Crippen molar-refractivity contribution in [1.29, 1.82) is 0 Å². The number of hydrogen-bond acceptors (Lipinski definition) is 2. The molecule has 6 heteroatoms. The first-order valence-corrected chi connectivity index (χ1v) is 10.2. The van der Waals surface area contributed by atoms with Gasteiger partial charge in [0.1, 0.15) is 0 Å². The maximum atomic E-state index is 12.6. The van der Waals surface area contributed by atoms with Gasteiger partial charge in [0.2, 0.25) is 0 Å². The molecular weight excluding hydrogens is 396 g/mol. The van der Waals surface area contributed by atoms with Gasteiger partial charge in [-0.05, 0) is 47.9 Å². The standard InChI is InChI=1S/C24H23ClN4O/c1-16-9-10-22(21(25)12-16)28-24(30)27-14-19(17-6-5-11-26-13-17)20-15-29(2)23-8-4-3-7-18(20)23/h3-13,15,19H,14H2,1-2H3,(H2,27,28,30)/t19-/m0/s1. The lowest BCUT2D eigenvalue weighted by atomic mass is 9.92. The highest BCUT2D eigenvalue weighted by molar-refractivity contribution is 6.33. The molecular formula is C24H23ClN4O. The van der Waals surface area contributed by atoms with Crippen molar-refractivity contribution in [2.24, 2.45) is 7.05 Å². The SMILES string of the molecule is Cc1ccc(NC(=O)NC[C@@H](c2cccnc2)c2cn(C)c3ccccc23)c(Cl)c1. The fourth-order valence-electron chi connectivity index (χ4n) is 3.72. The van der Waals surface area contributed by atoms with Gasteiger partial charge in [0.15, 0.2) is 0 Å². The van der Waals surface area contributed by atoms with Crippen molar-refractivity contribution in [2.45, 2.75) is 12.8 Å². The van der Waals surface area contributed by atoms with Gasteiger partial charge in [-0.25, -0.2) is 4.79 Å². The van der Waals surface area contributed by atoms with Gasteiger partial charge in [-0.1, -0.05) is 41.9 Å². The number of fused-ring (bicyclic) bond motifs is 1. The van der Waals surface area contributed by atoms with Crippen molar-refractivity contribution in [3.8, 4) is 0 Å². The molecule has 0 fully saturated rings. The Morgan fingerprint density at radius 3 is 2.77 bits per heavy atom. The van der Waals surface area contributed by atoms with E-state index in [2.05, 4.69) is 38.5 Å². The molecule has 152 valence electrons. The maximum Gasteiger partial charge on any atom is 0.319 e. The van der Waals surface area contributed by atoms with Crippen LogP contribution in [-0.2, 0) is 7.05 Å². The van der Waals surface area contributed by atoms with E-state index in [9.17, 15) is 4.79 Å². The number of amides is 2. The molecule has 2 aromatic heterocycles. The van der Waals surface area contributed by atoms with Gasteiger partial charge in [0.05, 0.1) is 10.7 Å². The van der Waals surface area contributed by atoms with E-state index < -0.39 is 0 Å². The summed E-state index contributed by atoms with van der Waals surface area (Å²) in [5, 5.41) is 7.51. The van der Waals surface area contributed by atoms with Crippen molar-refractivity contribution in [1.82, 2.24) is 14.9 Å². The molecule has 0 aliphatic rings. The number of rotatable bonds is 5. The number of pyridine rings is 1. The molecule has 0 unspecified atom stereocenters. The molecule has 2 N–H and O–H groups in total. The molecule has 0 saturated carbocycles. The molecule has 4 rings (SSSR count). The van der Waals surface area contributed by atoms with Gasteiger partial charge < -0.3 is 15.2 Å². The molecule has 0 aliphatic carbocycles. The third-order valence-corrected chi connectivity index (χ3v) is 5.54. The van der Waals surface area contributed by atoms with Crippen LogP contribution in [0.15, 0.2) is 73.2 Å². The monoisotopic (exact) mass is 418 g/mol. The normalized spacial score (nSPS) is 12.0. The first kappa shape index (κ1) is 20.0. The molecule has 2 amide bonds. The van der Waals surface area contributed by atoms with Gasteiger partial charge in [-0.3, -0.25) is 4.98 Å². The predicted molar refractivity (Wildman–Crippen MR) is 122 cm³/mol. The zero-order chi connectivity index (χ0) is 21.1. The summed E-state index contributed by atoms with van der Waals surface area (Å²) < 4.78 is 2.11. The Morgan fingerprint density at radius 2 is 2.00 bits per heavy atom. The smallest absolute Gasteiger partial charge is 0.319 e. The molecule has 0 radical (unpaired) electrons. The third kappa shape index (κ3) is 4.16. The number of aryl methyl sites for hydroxylation is 2. The van der Waals surface area contributed by atoms with Crippen molar-refractivity contribution in [2.75, 3.05) is 11.9 Å².